The number of quaternary nitrogens is 3. The molecular formula is H9N3O3. The first-order valence-electron chi connectivity index (χ1n) is 0.866. The number of hydrogen-bond acceptors (Lipinski definition) is 3. The molecule has 0 aliphatic rings. The lowest BCUT2D eigenvalue weighted by atomic mass is 13.6. The van der Waals surface area contributed by atoms with Crippen molar-refractivity contribution in [2.24, 2.45) is 0 Å². The molecule has 0 fully saturated rings. The summed E-state index contributed by atoms with van der Waals surface area (Å²) >= 11 is 0. The second-order valence-corrected chi connectivity index (χ2v) is 0. The molecule has 0 aliphatic heterocycles. The molecule has 42 valence electrons. The fourth-order valence-electron chi connectivity index (χ4n) is 0. The van der Waals surface area contributed by atoms with Crippen molar-refractivity contribution in [1.29, 1.82) is 0 Å². The zero-order chi connectivity index (χ0) is 6.00. The molecule has 0 amide bonds. The van der Waals surface area contributed by atoms with Crippen LogP contribution in [0.5, 0.6) is 0 Å². The molecule has 0 radical (unpaired) electrons. The van der Waals surface area contributed by atoms with Crippen LogP contribution in [0.1, 0.15) is 0 Å². The summed E-state index contributed by atoms with van der Waals surface area (Å²) in [5.41, 5.74) is 0. The molecule has 0 aromatic carbocycles. The maximum absolute atomic E-state index is 8.00. The third kappa shape index (κ3) is 497. The van der Waals surface area contributed by atoms with E-state index in [9.17, 15) is 0 Å². The third-order valence-electron chi connectivity index (χ3n) is 0. The van der Waals surface area contributed by atoms with Crippen LogP contribution >= 0.6 is 0 Å². The Labute approximate surface area is 34.7 Å². The van der Waals surface area contributed by atoms with Gasteiger partial charge >= 0.3 is 0 Å². The van der Waals surface area contributed by atoms with Crippen LogP contribution in [-0.2, 0) is 0 Å². The van der Waals surface area contributed by atoms with E-state index in [-0.39, 0.29) is 0 Å². The molecule has 0 saturated carbocycles. The molecule has 6 heavy (non-hydrogen) atoms. The fraction of sp³-hybridized carbons (Fsp3) is 0. The fourth-order valence-corrected chi connectivity index (χ4v) is 0. The lowest BCUT2D eigenvalue weighted by Crippen LogP contribution is -2.37. The highest BCUT2D eigenvalue weighted by Crippen LogP contribution is 0.454. The first-order valence-corrected chi connectivity index (χ1v) is 0.866. The van der Waals surface area contributed by atoms with Gasteiger partial charge in [-0.2, -0.15) is 0 Å². The standard InChI is InChI=1S/3H3NO/c3*1-2/h3*1H3. The van der Waals surface area contributed by atoms with E-state index in [4.69, 9.17) is 15.6 Å². The Morgan fingerprint density at radius 2 is 0.500 bits per heavy atom. The van der Waals surface area contributed by atoms with Crippen molar-refractivity contribution in [2.45, 2.75) is 0 Å². The van der Waals surface area contributed by atoms with Crippen LogP contribution in [0, 0.1) is 15.6 Å². The summed E-state index contributed by atoms with van der Waals surface area (Å²) in [6.07, 6.45) is 0. The van der Waals surface area contributed by atoms with E-state index in [0.29, 0.717) is 0 Å². The minimum absolute atomic E-state index is 2.00. The average Bonchev–Trinajstić information content (AvgIpc) is 1.81. The zero-order valence-corrected chi connectivity index (χ0v) is 3.35. The Balaban J connectivity index is -0.0000000225. The Morgan fingerprint density at radius 3 is 0.500 bits per heavy atom. The minimum Gasteiger partial charge on any atom is -0.637 e. The molecule has 0 spiro atoms. The molecule has 0 aromatic rings. The number of hydrogen-bond donors (Lipinski definition) is 3. The van der Waals surface area contributed by atoms with E-state index in [1.807, 2.05) is 17.7 Å². The van der Waals surface area contributed by atoms with Crippen molar-refractivity contribution in [3.05, 3.63) is 15.6 Å². The average molecular weight is 99.1 g/mol. The van der Waals surface area contributed by atoms with E-state index >= 15 is 0 Å². The van der Waals surface area contributed by atoms with E-state index < -0.39 is 0 Å². The zero-order valence-electron chi connectivity index (χ0n) is 3.35. The van der Waals surface area contributed by atoms with Crippen molar-refractivity contribution in [1.82, 2.24) is 0 Å². The van der Waals surface area contributed by atoms with Crippen LogP contribution in [-0.4, -0.2) is 0 Å². The summed E-state index contributed by atoms with van der Waals surface area (Å²) in [7, 11) is 0. The topological polar surface area (TPSA) is 152 Å². The maximum Gasteiger partial charge on any atom is -0.397 e. The van der Waals surface area contributed by atoms with Crippen LogP contribution in [0.4, 0.5) is 0 Å². The Kier molecular flexibility index (Phi) is 3340. The van der Waals surface area contributed by atoms with Gasteiger partial charge in [-0.15, -0.1) is 0 Å². The predicted molar refractivity (Wildman–Crippen MR) is 18.8 cm³/mol. The molecule has 0 aliphatic carbocycles. The predicted octanol–water partition coefficient (Wildman–Crippen LogP) is -3.82. The summed E-state index contributed by atoms with van der Waals surface area (Å²) in [5, 5.41) is 24.0. The normalized spacial score (nSPS) is 3.00. The lowest BCUT2D eigenvalue weighted by molar-refractivity contribution is -0.275. The molecule has 0 bridgehead atoms. The van der Waals surface area contributed by atoms with Gasteiger partial charge in [-0.25, -0.2) is 0 Å². The van der Waals surface area contributed by atoms with Gasteiger partial charge in [0.25, 0.3) is 0 Å². The summed E-state index contributed by atoms with van der Waals surface area (Å²) in [6.45, 7) is 0. The summed E-state index contributed by atoms with van der Waals surface area (Å²) < 4.78 is 0. The van der Waals surface area contributed by atoms with Gasteiger partial charge < -0.3 is 33.3 Å². The Morgan fingerprint density at radius 1 is 0.500 bits per heavy atom. The monoisotopic (exact) mass is 99.1 g/mol. The van der Waals surface area contributed by atoms with Gasteiger partial charge in [-0.3, -0.25) is 0 Å². The molecule has 0 heterocycles. The van der Waals surface area contributed by atoms with E-state index in [0.717, 1.165) is 0 Å². The lowest BCUT2D eigenvalue weighted by Gasteiger charge is -1.52. The van der Waals surface area contributed by atoms with Gasteiger partial charge in [0, 0.05) is 0 Å². The van der Waals surface area contributed by atoms with Gasteiger partial charge in [0.15, 0.2) is 0 Å². The van der Waals surface area contributed by atoms with Crippen molar-refractivity contribution < 1.29 is 17.7 Å². The smallest absolute Gasteiger partial charge is 0.397 e. The summed E-state index contributed by atoms with van der Waals surface area (Å²) in [6, 6.07) is 0. The SMILES string of the molecule is [NH3+][O-].[NH3+][O-].[NH3+][O-]. The van der Waals surface area contributed by atoms with Gasteiger partial charge in [-0.05, 0) is 0 Å². The molecule has 0 unspecified atom stereocenters. The highest BCUT2D eigenvalue weighted by Gasteiger charge is 0.494. The van der Waals surface area contributed by atoms with Gasteiger partial charge in [0.1, 0.15) is 0 Å². The molecule has 6 heteroatoms. The quantitative estimate of drug-likeness (QED) is 0.267. The maximum atomic E-state index is 8.00. The molecule has 9 N–H and O–H groups in total. The van der Waals surface area contributed by atoms with Crippen molar-refractivity contribution in [3.8, 4) is 0 Å². The Hall–Kier alpha value is -0.240. The van der Waals surface area contributed by atoms with Gasteiger partial charge in [-0.1, -0.05) is 0 Å². The highest BCUT2D eigenvalue weighted by atomic mass is 16.4. The molecular weight excluding hydrogens is 90.0 g/mol. The van der Waals surface area contributed by atoms with Crippen LogP contribution in [0.2, 0.25) is 0 Å². The van der Waals surface area contributed by atoms with Gasteiger partial charge in [0.05, 0.1) is 0 Å². The molecule has 0 saturated heterocycles. The van der Waals surface area contributed by atoms with Gasteiger partial charge in [0.2, 0.25) is 0 Å². The van der Waals surface area contributed by atoms with Crippen LogP contribution < -0.4 is 17.7 Å². The van der Waals surface area contributed by atoms with Crippen molar-refractivity contribution in [2.75, 3.05) is 0 Å². The van der Waals surface area contributed by atoms with Crippen LogP contribution in [0.25, 0.3) is 0 Å². The second kappa shape index (κ2) is 1170. The first-order chi connectivity index (χ1) is 3.00. The molecule has 6 nitrogen and oxygen atoms in total. The van der Waals surface area contributed by atoms with Crippen LogP contribution in [0.3, 0.4) is 0 Å². The third-order valence-corrected chi connectivity index (χ3v) is 0. The molecule has 0 rings (SSSR count). The minimum atomic E-state index is 2.00. The number of rotatable bonds is 0. The first kappa shape index (κ1) is 17.1. The summed E-state index contributed by atoms with van der Waals surface area (Å²) in [4.78, 5) is 0. The molecule has 0 aromatic heterocycles. The van der Waals surface area contributed by atoms with E-state index in [2.05, 4.69) is 0 Å². The van der Waals surface area contributed by atoms with E-state index in [1.54, 1.807) is 0 Å². The second-order valence-electron chi connectivity index (χ2n) is 0. The highest BCUT2D eigenvalue weighted by molar-refractivity contribution is 3.64. The van der Waals surface area contributed by atoms with Crippen molar-refractivity contribution >= 4 is 0 Å². The molecule has 0 atom stereocenters. The van der Waals surface area contributed by atoms with Crippen molar-refractivity contribution in [3.63, 3.8) is 0 Å². The Bertz CT molecular complexity index is 6.00. The van der Waals surface area contributed by atoms with Crippen LogP contribution in [0.15, 0.2) is 0 Å². The summed E-state index contributed by atoms with van der Waals surface area (Å²) in [5.74, 6) is 6.00. The van der Waals surface area contributed by atoms with E-state index in [1.165, 1.54) is 0 Å². The largest absolute Gasteiger partial charge is 0.637 e.